The third-order valence-electron chi connectivity index (χ3n) is 4.04. The van der Waals surface area contributed by atoms with Gasteiger partial charge < -0.3 is 0 Å². The number of aromatic nitrogens is 2. The molecule has 3 rings (SSSR count). The number of carbonyl (C=O) groups excluding carboxylic acids is 1. The van der Waals surface area contributed by atoms with E-state index in [4.69, 9.17) is 0 Å². The molecule has 0 saturated heterocycles. The van der Waals surface area contributed by atoms with Crippen LogP contribution in [-0.2, 0) is 16.6 Å². The van der Waals surface area contributed by atoms with E-state index in [0.29, 0.717) is 16.4 Å². The number of hydrogen-bond acceptors (Lipinski definition) is 7. The number of nitrogens with zero attached hydrogens (tertiary/aromatic N) is 3. The molecule has 3 aromatic rings. The molecular weight excluding hydrogens is 440 g/mol. The lowest BCUT2D eigenvalue weighted by molar-refractivity contribution is 0.102. The first kappa shape index (κ1) is 22.3. The highest BCUT2D eigenvalue weighted by Crippen LogP contribution is 2.26. The van der Waals surface area contributed by atoms with E-state index in [9.17, 15) is 13.2 Å². The second-order valence-corrected chi connectivity index (χ2v) is 10.7. The van der Waals surface area contributed by atoms with Crippen LogP contribution in [-0.4, -0.2) is 36.5 Å². The maximum atomic E-state index is 12.5. The maximum Gasteiger partial charge on any atom is 0.257 e. The lowest BCUT2D eigenvalue weighted by atomic mass is 10.1. The Morgan fingerprint density at radius 1 is 1.10 bits per heavy atom. The van der Waals surface area contributed by atoms with Crippen LogP contribution in [0.25, 0.3) is 0 Å². The van der Waals surface area contributed by atoms with E-state index >= 15 is 0 Å². The molecule has 1 aromatic heterocycles. The average Bonchev–Trinajstić information content (AvgIpc) is 3.18. The topological polar surface area (TPSA) is 92.3 Å². The molecule has 0 fully saturated rings. The SMILES string of the molecule is CCCSc1nnc(NC(=O)c2ccc(CN(c3ccccc3)S(C)(=O)=O)cc2)s1. The van der Waals surface area contributed by atoms with Gasteiger partial charge in [0.25, 0.3) is 5.91 Å². The fourth-order valence-electron chi connectivity index (χ4n) is 2.60. The van der Waals surface area contributed by atoms with Crippen LogP contribution in [0.3, 0.4) is 0 Å². The summed E-state index contributed by atoms with van der Waals surface area (Å²) in [5, 5.41) is 11.3. The molecule has 0 unspecified atom stereocenters. The Morgan fingerprint density at radius 3 is 2.43 bits per heavy atom. The van der Waals surface area contributed by atoms with Crippen LogP contribution >= 0.6 is 23.1 Å². The first-order valence-corrected chi connectivity index (χ1v) is 12.9. The predicted molar refractivity (Wildman–Crippen MR) is 123 cm³/mol. The molecule has 2 aromatic carbocycles. The number of nitrogens with one attached hydrogen (secondary N) is 1. The molecule has 0 bridgehead atoms. The van der Waals surface area contributed by atoms with Crippen molar-refractivity contribution in [1.29, 1.82) is 0 Å². The summed E-state index contributed by atoms with van der Waals surface area (Å²) in [6.07, 6.45) is 2.22. The van der Waals surface area contributed by atoms with Gasteiger partial charge in [-0.1, -0.05) is 60.4 Å². The van der Waals surface area contributed by atoms with Crippen molar-refractivity contribution in [2.24, 2.45) is 0 Å². The molecule has 1 heterocycles. The minimum Gasteiger partial charge on any atom is -0.296 e. The third kappa shape index (κ3) is 6.04. The Balaban J connectivity index is 1.68. The van der Waals surface area contributed by atoms with Gasteiger partial charge in [0, 0.05) is 11.3 Å². The normalized spacial score (nSPS) is 11.3. The minimum atomic E-state index is -3.45. The van der Waals surface area contributed by atoms with Crippen molar-refractivity contribution in [2.45, 2.75) is 24.2 Å². The van der Waals surface area contributed by atoms with Gasteiger partial charge >= 0.3 is 0 Å². The fraction of sp³-hybridized carbons (Fsp3) is 0.250. The van der Waals surface area contributed by atoms with Crippen molar-refractivity contribution >= 4 is 49.8 Å². The third-order valence-corrected chi connectivity index (χ3v) is 7.36. The minimum absolute atomic E-state index is 0.180. The van der Waals surface area contributed by atoms with E-state index in [1.165, 1.54) is 21.9 Å². The summed E-state index contributed by atoms with van der Waals surface area (Å²) in [4.78, 5) is 12.5. The van der Waals surface area contributed by atoms with E-state index in [1.54, 1.807) is 60.3 Å². The molecule has 0 aliphatic carbocycles. The number of thioether (sulfide) groups is 1. The number of rotatable bonds is 9. The first-order valence-electron chi connectivity index (χ1n) is 9.26. The van der Waals surface area contributed by atoms with Crippen molar-refractivity contribution < 1.29 is 13.2 Å². The summed E-state index contributed by atoms with van der Waals surface area (Å²) in [5.41, 5.74) is 1.83. The molecule has 10 heteroatoms. The van der Waals surface area contributed by atoms with Crippen molar-refractivity contribution in [1.82, 2.24) is 10.2 Å². The lowest BCUT2D eigenvalue weighted by Gasteiger charge is -2.22. The highest BCUT2D eigenvalue weighted by Gasteiger charge is 2.18. The van der Waals surface area contributed by atoms with Crippen LogP contribution in [0.2, 0.25) is 0 Å². The summed E-state index contributed by atoms with van der Waals surface area (Å²) < 4.78 is 26.6. The smallest absolute Gasteiger partial charge is 0.257 e. The first-order chi connectivity index (χ1) is 14.4. The Hall–Kier alpha value is -2.43. The van der Waals surface area contributed by atoms with Crippen LogP contribution in [0.4, 0.5) is 10.8 Å². The van der Waals surface area contributed by atoms with Crippen LogP contribution in [0, 0.1) is 0 Å². The molecule has 0 spiro atoms. The van der Waals surface area contributed by atoms with E-state index in [-0.39, 0.29) is 12.5 Å². The highest BCUT2D eigenvalue weighted by molar-refractivity contribution is 8.01. The standard InChI is InChI=1S/C20H22N4O3S3/c1-3-13-28-20-23-22-19(29-20)21-18(25)16-11-9-15(10-12-16)14-24(30(2,26)27)17-7-5-4-6-8-17/h4-12H,3,13-14H2,1-2H3,(H,21,22,25). The largest absolute Gasteiger partial charge is 0.296 e. The van der Waals surface area contributed by atoms with Gasteiger partial charge in [-0.3, -0.25) is 14.4 Å². The zero-order valence-electron chi connectivity index (χ0n) is 16.6. The van der Waals surface area contributed by atoms with E-state index in [2.05, 4.69) is 22.4 Å². The van der Waals surface area contributed by atoms with E-state index < -0.39 is 10.0 Å². The molecule has 0 aliphatic rings. The van der Waals surface area contributed by atoms with Crippen molar-refractivity contribution in [2.75, 3.05) is 21.6 Å². The Bertz CT molecular complexity index is 1080. The van der Waals surface area contributed by atoms with Crippen LogP contribution in [0.1, 0.15) is 29.3 Å². The van der Waals surface area contributed by atoms with Gasteiger partial charge in [0.05, 0.1) is 18.5 Å². The molecular formula is C20H22N4O3S3. The van der Waals surface area contributed by atoms with E-state index in [0.717, 1.165) is 22.1 Å². The average molecular weight is 463 g/mol. The van der Waals surface area contributed by atoms with Gasteiger partial charge in [-0.2, -0.15) is 0 Å². The zero-order valence-corrected chi connectivity index (χ0v) is 19.1. The Labute approximate surface area is 184 Å². The van der Waals surface area contributed by atoms with Crippen molar-refractivity contribution in [3.05, 3.63) is 65.7 Å². The fourth-order valence-corrected chi connectivity index (χ4v) is 5.16. The van der Waals surface area contributed by atoms with Gasteiger partial charge in [0.2, 0.25) is 15.2 Å². The second kappa shape index (κ2) is 10.1. The number of para-hydroxylation sites is 1. The second-order valence-electron chi connectivity index (χ2n) is 6.48. The molecule has 0 atom stereocenters. The lowest BCUT2D eigenvalue weighted by Crippen LogP contribution is -2.29. The summed E-state index contributed by atoms with van der Waals surface area (Å²) in [5.74, 6) is 0.671. The van der Waals surface area contributed by atoms with Crippen LogP contribution < -0.4 is 9.62 Å². The molecule has 1 N–H and O–H groups in total. The summed E-state index contributed by atoms with van der Waals surface area (Å²) >= 11 is 2.95. The van der Waals surface area contributed by atoms with E-state index in [1.807, 2.05) is 6.07 Å². The van der Waals surface area contributed by atoms with Gasteiger partial charge in [0.15, 0.2) is 4.34 Å². The number of hydrogen-bond donors (Lipinski definition) is 1. The molecule has 0 aliphatic heterocycles. The van der Waals surface area contributed by atoms with Gasteiger partial charge in [-0.25, -0.2) is 8.42 Å². The summed E-state index contributed by atoms with van der Waals surface area (Å²) in [6.45, 7) is 2.27. The number of amides is 1. The Kier molecular flexibility index (Phi) is 7.46. The van der Waals surface area contributed by atoms with Crippen molar-refractivity contribution in [3.63, 3.8) is 0 Å². The molecule has 1 amide bonds. The number of sulfonamides is 1. The van der Waals surface area contributed by atoms with Gasteiger partial charge in [-0.15, -0.1) is 10.2 Å². The highest BCUT2D eigenvalue weighted by atomic mass is 32.2. The molecule has 158 valence electrons. The monoisotopic (exact) mass is 462 g/mol. The maximum absolute atomic E-state index is 12.5. The van der Waals surface area contributed by atoms with Crippen molar-refractivity contribution in [3.8, 4) is 0 Å². The Morgan fingerprint density at radius 2 is 1.80 bits per heavy atom. The zero-order chi connectivity index (χ0) is 21.6. The number of carbonyl (C=O) groups is 1. The van der Waals surface area contributed by atoms with Gasteiger partial charge in [0.1, 0.15) is 0 Å². The molecule has 0 saturated carbocycles. The van der Waals surface area contributed by atoms with Crippen LogP contribution in [0.5, 0.6) is 0 Å². The van der Waals surface area contributed by atoms with Crippen LogP contribution in [0.15, 0.2) is 58.9 Å². The number of anilines is 2. The predicted octanol–water partition coefficient (Wildman–Crippen LogP) is 4.26. The quantitative estimate of drug-likeness (QED) is 0.377. The van der Waals surface area contributed by atoms with Gasteiger partial charge in [-0.05, 0) is 36.2 Å². The number of benzene rings is 2. The summed E-state index contributed by atoms with van der Waals surface area (Å²) in [7, 11) is -3.45. The molecule has 30 heavy (non-hydrogen) atoms. The molecule has 7 nitrogen and oxygen atoms in total. The molecule has 0 radical (unpaired) electrons. The summed E-state index contributed by atoms with van der Waals surface area (Å²) in [6, 6.07) is 15.8.